The highest BCUT2D eigenvalue weighted by Crippen LogP contribution is 2.40. The van der Waals surface area contributed by atoms with Crippen LogP contribution in [0.15, 0.2) is 36.4 Å². The van der Waals surface area contributed by atoms with E-state index in [4.69, 9.17) is 16.3 Å². The molecule has 1 unspecified atom stereocenters. The zero-order valence-electron chi connectivity index (χ0n) is 10.2. The summed E-state index contributed by atoms with van der Waals surface area (Å²) < 4.78 is 5.83. The molecule has 18 heavy (non-hydrogen) atoms. The Bertz CT molecular complexity index is 604. The molecule has 0 bridgehead atoms. The van der Waals surface area contributed by atoms with Crippen LogP contribution in [-0.4, -0.2) is 6.10 Å². The number of hydrogen-bond donors (Lipinski definition) is 0. The van der Waals surface area contributed by atoms with Gasteiger partial charge >= 0.3 is 0 Å². The molecule has 1 nitrogen and oxygen atoms in total. The summed E-state index contributed by atoms with van der Waals surface area (Å²) in [7, 11) is 0. The minimum atomic E-state index is 0.0136. The molecule has 0 saturated heterocycles. The summed E-state index contributed by atoms with van der Waals surface area (Å²) in [6, 6.07) is 12.2. The van der Waals surface area contributed by atoms with Gasteiger partial charge in [0, 0.05) is 17.0 Å². The maximum Gasteiger partial charge on any atom is 0.130 e. The Labute approximate surface area is 112 Å². The number of rotatable bonds is 1. The van der Waals surface area contributed by atoms with Crippen LogP contribution < -0.4 is 4.74 Å². The van der Waals surface area contributed by atoms with Crippen LogP contribution in [0.3, 0.4) is 0 Å². The fourth-order valence-electron chi connectivity index (χ4n) is 2.46. The molecule has 0 saturated carbocycles. The third kappa shape index (κ3) is 1.99. The Morgan fingerprint density at radius 1 is 1.28 bits per heavy atom. The first-order chi connectivity index (χ1) is 8.63. The van der Waals surface area contributed by atoms with Crippen molar-refractivity contribution < 1.29 is 4.74 Å². The Morgan fingerprint density at radius 2 is 2.11 bits per heavy atom. The molecule has 1 aliphatic heterocycles. The Balaban J connectivity index is 2.18. The highest BCUT2D eigenvalue weighted by Gasteiger charge is 2.23. The summed E-state index contributed by atoms with van der Waals surface area (Å²) in [5.74, 6) is 0.961. The summed E-state index contributed by atoms with van der Waals surface area (Å²) in [4.78, 5) is 0. The molecule has 0 N–H and O–H groups in total. The van der Waals surface area contributed by atoms with E-state index in [0.29, 0.717) is 0 Å². The molecule has 91 valence electrons. The maximum atomic E-state index is 6.06. The van der Waals surface area contributed by atoms with Crippen LogP contribution in [0.2, 0.25) is 5.02 Å². The minimum Gasteiger partial charge on any atom is -0.489 e. The van der Waals surface area contributed by atoms with Crippen molar-refractivity contribution in [2.75, 3.05) is 0 Å². The average Bonchev–Trinajstić information content (AvgIpc) is 2.68. The number of hydrogen-bond acceptors (Lipinski definition) is 1. The van der Waals surface area contributed by atoms with Gasteiger partial charge < -0.3 is 4.74 Å². The molecule has 3 rings (SSSR count). The first kappa shape index (κ1) is 11.6. The van der Waals surface area contributed by atoms with Gasteiger partial charge in [0.25, 0.3) is 0 Å². The zero-order chi connectivity index (χ0) is 12.7. The van der Waals surface area contributed by atoms with E-state index in [1.807, 2.05) is 18.2 Å². The molecule has 0 fully saturated rings. The van der Waals surface area contributed by atoms with E-state index in [1.165, 1.54) is 11.1 Å². The summed E-state index contributed by atoms with van der Waals surface area (Å²) in [6.45, 7) is 6.09. The zero-order valence-corrected chi connectivity index (χ0v) is 11.0. The molecule has 0 spiro atoms. The van der Waals surface area contributed by atoms with Gasteiger partial charge in [-0.25, -0.2) is 0 Å². The molecule has 2 heteroatoms. The lowest BCUT2D eigenvalue weighted by Crippen LogP contribution is -2.06. The predicted molar refractivity (Wildman–Crippen MR) is 75.1 cm³/mol. The summed E-state index contributed by atoms with van der Waals surface area (Å²) in [5.41, 5.74) is 4.68. The Morgan fingerprint density at radius 3 is 2.89 bits per heavy atom. The third-order valence-electron chi connectivity index (χ3n) is 3.18. The van der Waals surface area contributed by atoms with E-state index in [9.17, 15) is 0 Å². The lowest BCUT2D eigenvalue weighted by Gasteiger charge is -2.11. The molecular weight excluding hydrogens is 244 g/mol. The minimum absolute atomic E-state index is 0.0136. The van der Waals surface area contributed by atoms with Crippen molar-refractivity contribution in [2.45, 2.75) is 19.4 Å². The van der Waals surface area contributed by atoms with Crippen molar-refractivity contribution in [1.82, 2.24) is 0 Å². The highest BCUT2D eigenvalue weighted by molar-refractivity contribution is 6.30. The van der Waals surface area contributed by atoms with Gasteiger partial charge in [0.15, 0.2) is 0 Å². The van der Waals surface area contributed by atoms with Gasteiger partial charge in [-0.05, 0) is 48.7 Å². The SMILES string of the molecule is [CH2]C1Cc2cc(C)cc(-c3cccc(Cl)c3)c2O1. The Kier molecular flexibility index (Phi) is 2.79. The number of fused-ring (bicyclic) bond motifs is 1. The lowest BCUT2D eigenvalue weighted by molar-refractivity contribution is 0.282. The number of benzene rings is 2. The van der Waals surface area contributed by atoms with Crippen molar-refractivity contribution in [1.29, 1.82) is 0 Å². The molecule has 1 atom stereocenters. The van der Waals surface area contributed by atoms with Gasteiger partial charge in [0.05, 0.1) is 0 Å². The van der Waals surface area contributed by atoms with E-state index < -0.39 is 0 Å². The Hall–Kier alpha value is -1.47. The highest BCUT2D eigenvalue weighted by atomic mass is 35.5. The van der Waals surface area contributed by atoms with Crippen molar-refractivity contribution in [3.05, 3.63) is 59.5 Å². The van der Waals surface area contributed by atoms with E-state index in [2.05, 4.69) is 32.0 Å². The second-order valence-electron chi connectivity index (χ2n) is 4.76. The summed E-state index contributed by atoms with van der Waals surface area (Å²) >= 11 is 6.06. The standard InChI is InChI=1S/C16H14ClO/c1-10-6-13-8-11(2)18-16(13)15(7-10)12-4-3-5-14(17)9-12/h3-7,9,11H,2,8H2,1H3. The number of ether oxygens (including phenoxy) is 1. The van der Waals surface area contributed by atoms with Crippen LogP contribution in [0, 0.1) is 13.8 Å². The molecule has 1 aliphatic rings. The van der Waals surface area contributed by atoms with Crippen LogP contribution in [0.4, 0.5) is 0 Å². The quantitative estimate of drug-likeness (QED) is 0.733. The largest absolute Gasteiger partial charge is 0.489 e. The maximum absolute atomic E-state index is 6.06. The predicted octanol–water partition coefficient (Wildman–Crippen LogP) is 4.45. The molecule has 2 aromatic carbocycles. The van der Waals surface area contributed by atoms with E-state index in [-0.39, 0.29) is 6.10 Å². The molecule has 0 amide bonds. The number of halogens is 1. The van der Waals surface area contributed by atoms with Crippen LogP contribution in [0.1, 0.15) is 11.1 Å². The third-order valence-corrected chi connectivity index (χ3v) is 3.41. The van der Waals surface area contributed by atoms with Crippen LogP contribution in [0.25, 0.3) is 11.1 Å². The van der Waals surface area contributed by atoms with Gasteiger partial charge in [-0.3, -0.25) is 0 Å². The average molecular weight is 258 g/mol. The van der Waals surface area contributed by atoms with Crippen LogP contribution in [-0.2, 0) is 6.42 Å². The smallest absolute Gasteiger partial charge is 0.130 e. The fourth-order valence-corrected chi connectivity index (χ4v) is 2.65. The van der Waals surface area contributed by atoms with E-state index in [0.717, 1.165) is 28.3 Å². The second kappa shape index (κ2) is 4.33. The van der Waals surface area contributed by atoms with Gasteiger partial charge in [-0.2, -0.15) is 0 Å². The lowest BCUT2D eigenvalue weighted by atomic mass is 9.98. The second-order valence-corrected chi connectivity index (χ2v) is 5.19. The van der Waals surface area contributed by atoms with Crippen LogP contribution >= 0.6 is 11.6 Å². The fraction of sp³-hybridized carbons (Fsp3) is 0.188. The van der Waals surface area contributed by atoms with Crippen molar-refractivity contribution in [3.8, 4) is 16.9 Å². The van der Waals surface area contributed by atoms with Crippen molar-refractivity contribution >= 4 is 11.6 Å². The molecule has 2 aromatic rings. The van der Waals surface area contributed by atoms with Gasteiger partial charge in [-0.15, -0.1) is 0 Å². The first-order valence-electron chi connectivity index (χ1n) is 6.02. The first-order valence-corrected chi connectivity index (χ1v) is 6.40. The molecule has 0 aromatic heterocycles. The van der Waals surface area contributed by atoms with Crippen molar-refractivity contribution in [2.24, 2.45) is 0 Å². The van der Waals surface area contributed by atoms with Gasteiger partial charge in [0.1, 0.15) is 11.9 Å². The monoisotopic (exact) mass is 257 g/mol. The topological polar surface area (TPSA) is 9.23 Å². The number of aryl methyl sites for hydroxylation is 1. The summed E-state index contributed by atoms with van der Waals surface area (Å²) in [5, 5.41) is 0.743. The van der Waals surface area contributed by atoms with Crippen molar-refractivity contribution in [3.63, 3.8) is 0 Å². The molecule has 1 radical (unpaired) electrons. The van der Waals surface area contributed by atoms with Crippen LogP contribution in [0.5, 0.6) is 5.75 Å². The molecular formula is C16H14ClO. The van der Waals surface area contributed by atoms with Gasteiger partial charge in [-0.1, -0.05) is 29.8 Å². The molecule has 0 aliphatic carbocycles. The molecule has 1 heterocycles. The normalized spacial score (nSPS) is 17.4. The van der Waals surface area contributed by atoms with E-state index >= 15 is 0 Å². The summed E-state index contributed by atoms with van der Waals surface area (Å²) in [6.07, 6.45) is 0.893. The van der Waals surface area contributed by atoms with E-state index in [1.54, 1.807) is 0 Å². The van der Waals surface area contributed by atoms with Gasteiger partial charge in [0.2, 0.25) is 0 Å².